The first-order valence-electron chi connectivity index (χ1n) is 9.21. The molecule has 1 saturated heterocycles. The van der Waals surface area contributed by atoms with Crippen molar-refractivity contribution in [1.29, 1.82) is 0 Å². The average Bonchev–Trinajstić information content (AvgIpc) is 3.24. The minimum Gasteiger partial charge on any atom is -0.497 e. The summed E-state index contributed by atoms with van der Waals surface area (Å²) in [6, 6.07) is 7.72. The third kappa shape index (κ3) is 1.83. The Morgan fingerprint density at radius 2 is 2.14 bits per heavy atom. The maximum atomic E-state index is 5.53. The van der Waals surface area contributed by atoms with Crippen molar-refractivity contribution in [3.05, 3.63) is 29.3 Å². The molecule has 3 fully saturated rings. The van der Waals surface area contributed by atoms with Crippen LogP contribution in [-0.2, 0) is 11.8 Å². The van der Waals surface area contributed by atoms with Gasteiger partial charge in [-0.2, -0.15) is 0 Å². The highest BCUT2D eigenvalue weighted by atomic mass is 16.5. The third-order valence-corrected chi connectivity index (χ3v) is 7.10. The molecule has 5 rings (SSSR count). The second-order valence-corrected chi connectivity index (χ2v) is 8.14. The fourth-order valence-corrected chi connectivity index (χ4v) is 5.88. The zero-order valence-electron chi connectivity index (χ0n) is 13.7. The summed E-state index contributed by atoms with van der Waals surface area (Å²) in [4.78, 5) is 2.87. The summed E-state index contributed by atoms with van der Waals surface area (Å²) in [5.74, 6) is 2.98. The zero-order chi connectivity index (χ0) is 14.7. The standard InChI is InChI=1S/C20H27NO/c1-22-16-7-6-15-11-19-17-3-2-8-20(17,18(15)12-16)9-10-21(19)13-14-4-5-14/h6-7,12,14,17,19H,2-5,8-11,13H2,1H3/t17-,19+,20+/m0/s1. The maximum Gasteiger partial charge on any atom is 0.119 e. The van der Waals surface area contributed by atoms with Crippen molar-refractivity contribution >= 4 is 0 Å². The van der Waals surface area contributed by atoms with Gasteiger partial charge in [-0.25, -0.2) is 0 Å². The van der Waals surface area contributed by atoms with E-state index >= 15 is 0 Å². The number of methoxy groups -OCH3 is 1. The first-order valence-corrected chi connectivity index (χ1v) is 9.21. The SMILES string of the molecule is COc1ccc2c(c1)[C@@]13CCC[C@H]1[C@@H](C2)N(CC1CC1)CC3. The van der Waals surface area contributed by atoms with E-state index < -0.39 is 0 Å². The van der Waals surface area contributed by atoms with Gasteiger partial charge in [-0.05, 0) is 80.2 Å². The van der Waals surface area contributed by atoms with Crippen LogP contribution in [0.25, 0.3) is 0 Å². The number of nitrogens with zero attached hydrogens (tertiary/aromatic N) is 1. The number of likely N-dealkylation sites (tertiary alicyclic amines) is 1. The number of hydrogen-bond acceptors (Lipinski definition) is 2. The lowest BCUT2D eigenvalue weighted by molar-refractivity contribution is 0.0282. The molecule has 0 radical (unpaired) electrons. The zero-order valence-corrected chi connectivity index (χ0v) is 13.7. The van der Waals surface area contributed by atoms with Crippen LogP contribution in [0, 0.1) is 11.8 Å². The van der Waals surface area contributed by atoms with E-state index in [2.05, 4.69) is 23.1 Å². The van der Waals surface area contributed by atoms with E-state index in [9.17, 15) is 0 Å². The Kier molecular flexibility index (Phi) is 2.89. The topological polar surface area (TPSA) is 12.5 Å². The lowest BCUT2D eigenvalue weighted by atomic mass is 9.59. The van der Waals surface area contributed by atoms with Gasteiger partial charge in [0, 0.05) is 18.0 Å². The van der Waals surface area contributed by atoms with Crippen molar-refractivity contribution in [2.45, 2.75) is 56.4 Å². The third-order valence-electron chi connectivity index (χ3n) is 7.10. The Labute approximate surface area is 133 Å². The molecule has 118 valence electrons. The van der Waals surface area contributed by atoms with E-state index in [-0.39, 0.29) is 0 Å². The highest BCUT2D eigenvalue weighted by Crippen LogP contribution is 2.58. The number of rotatable bonds is 3. The minimum atomic E-state index is 0.479. The summed E-state index contributed by atoms with van der Waals surface area (Å²) < 4.78 is 5.53. The van der Waals surface area contributed by atoms with Gasteiger partial charge in [0.05, 0.1) is 7.11 Å². The average molecular weight is 297 g/mol. The summed E-state index contributed by atoms with van der Waals surface area (Å²) in [6.45, 7) is 2.71. The molecule has 22 heavy (non-hydrogen) atoms. The van der Waals surface area contributed by atoms with Crippen LogP contribution in [-0.4, -0.2) is 31.1 Å². The predicted molar refractivity (Wildman–Crippen MR) is 88.4 cm³/mol. The first kappa shape index (κ1) is 13.4. The Bertz CT molecular complexity index is 593. The quantitative estimate of drug-likeness (QED) is 0.842. The molecule has 2 heteroatoms. The van der Waals surface area contributed by atoms with Gasteiger partial charge in [0.25, 0.3) is 0 Å². The lowest BCUT2D eigenvalue weighted by Gasteiger charge is -2.54. The Morgan fingerprint density at radius 1 is 1.23 bits per heavy atom. The summed E-state index contributed by atoms with van der Waals surface area (Å²) >= 11 is 0. The van der Waals surface area contributed by atoms with E-state index in [1.807, 2.05) is 0 Å². The minimum absolute atomic E-state index is 0.479. The van der Waals surface area contributed by atoms with Crippen molar-refractivity contribution in [2.75, 3.05) is 20.2 Å². The van der Waals surface area contributed by atoms with Gasteiger partial charge in [0.15, 0.2) is 0 Å². The molecule has 1 aromatic rings. The molecule has 2 saturated carbocycles. The molecule has 3 atom stereocenters. The molecule has 2 nitrogen and oxygen atoms in total. The summed E-state index contributed by atoms with van der Waals surface area (Å²) in [6.07, 6.45) is 9.89. The Balaban J connectivity index is 1.57. The molecule has 4 aliphatic rings. The van der Waals surface area contributed by atoms with Crippen LogP contribution < -0.4 is 4.74 Å². The molecule has 2 bridgehead atoms. The second kappa shape index (κ2) is 4.74. The van der Waals surface area contributed by atoms with Crippen LogP contribution in [0.15, 0.2) is 18.2 Å². The van der Waals surface area contributed by atoms with Crippen LogP contribution in [0.5, 0.6) is 5.75 Å². The van der Waals surface area contributed by atoms with E-state index in [0.29, 0.717) is 5.41 Å². The van der Waals surface area contributed by atoms with Gasteiger partial charge in [-0.15, -0.1) is 0 Å². The second-order valence-electron chi connectivity index (χ2n) is 8.14. The molecule has 0 amide bonds. The van der Waals surface area contributed by atoms with Crippen LogP contribution >= 0.6 is 0 Å². The summed E-state index contributed by atoms with van der Waals surface area (Å²) in [5, 5.41) is 0. The van der Waals surface area contributed by atoms with Gasteiger partial charge in [-0.3, -0.25) is 4.90 Å². The number of benzene rings is 1. The Morgan fingerprint density at radius 3 is 2.95 bits per heavy atom. The first-order chi connectivity index (χ1) is 10.8. The molecule has 0 N–H and O–H groups in total. The van der Waals surface area contributed by atoms with Crippen LogP contribution in [0.1, 0.15) is 49.7 Å². The van der Waals surface area contributed by atoms with E-state index in [1.165, 1.54) is 58.0 Å². The van der Waals surface area contributed by atoms with Gasteiger partial charge >= 0.3 is 0 Å². The normalized spacial score (nSPS) is 36.8. The van der Waals surface area contributed by atoms with Crippen molar-refractivity contribution in [1.82, 2.24) is 4.90 Å². The number of piperidine rings is 1. The number of hydrogen-bond donors (Lipinski definition) is 0. The van der Waals surface area contributed by atoms with Crippen LogP contribution in [0.4, 0.5) is 0 Å². The monoisotopic (exact) mass is 297 g/mol. The summed E-state index contributed by atoms with van der Waals surface area (Å²) in [7, 11) is 1.80. The fourth-order valence-electron chi connectivity index (χ4n) is 5.88. The van der Waals surface area contributed by atoms with Gasteiger partial charge in [0.1, 0.15) is 5.75 Å². The van der Waals surface area contributed by atoms with E-state index in [4.69, 9.17) is 4.74 Å². The lowest BCUT2D eigenvalue weighted by Crippen LogP contribution is -2.58. The van der Waals surface area contributed by atoms with Crippen molar-refractivity contribution in [3.63, 3.8) is 0 Å². The number of ether oxygens (including phenoxy) is 1. The van der Waals surface area contributed by atoms with Crippen molar-refractivity contribution in [3.8, 4) is 5.75 Å². The van der Waals surface area contributed by atoms with E-state index in [0.717, 1.165) is 23.6 Å². The summed E-state index contributed by atoms with van der Waals surface area (Å²) in [5.41, 5.74) is 3.74. The largest absolute Gasteiger partial charge is 0.497 e. The van der Waals surface area contributed by atoms with Crippen molar-refractivity contribution in [2.24, 2.45) is 11.8 Å². The Hall–Kier alpha value is -1.02. The van der Waals surface area contributed by atoms with Crippen molar-refractivity contribution < 1.29 is 4.74 Å². The van der Waals surface area contributed by atoms with Gasteiger partial charge in [0.2, 0.25) is 0 Å². The molecular weight excluding hydrogens is 270 g/mol. The van der Waals surface area contributed by atoms with Gasteiger partial charge < -0.3 is 4.74 Å². The van der Waals surface area contributed by atoms with Crippen LogP contribution in [0.2, 0.25) is 0 Å². The highest BCUT2D eigenvalue weighted by Gasteiger charge is 2.55. The fraction of sp³-hybridized carbons (Fsp3) is 0.700. The highest BCUT2D eigenvalue weighted by molar-refractivity contribution is 5.46. The molecule has 1 aromatic carbocycles. The predicted octanol–water partition coefficient (Wildman–Crippen LogP) is 3.77. The van der Waals surface area contributed by atoms with Crippen LogP contribution in [0.3, 0.4) is 0 Å². The molecule has 0 spiro atoms. The van der Waals surface area contributed by atoms with E-state index in [1.54, 1.807) is 18.2 Å². The molecule has 3 aliphatic carbocycles. The molecule has 0 aromatic heterocycles. The molecule has 1 aliphatic heterocycles. The molecule has 0 unspecified atom stereocenters. The van der Waals surface area contributed by atoms with Gasteiger partial charge in [-0.1, -0.05) is 12.5 Å². The molecule has 1 heterocycles. The smallest absolute Gasteiger partial charge is 0.119 e. The number of fused-ring (bicyclic) bond motifs is 1. The maximum absolute atomic E-state index is 5.53. The molecular formula is C20H27NO.